The molecule has 0 aliphatic rings. The molecule has 0 aliphatic carbocycles. The fourth-order valence-corrected chi connectivity index (χ4v) is 2.18. The third kappa shape index (κ3) is 2.77. The van der Waals surface area contributed by atoms with Crippen molar-refractivity contribution in [2.45, 2.75) is 25.8 Å². The molecule has 1 aromatic heterocycles. The average Bonchev–Trinajstić information content (AvgIpc) is 2.77. The number of nitrogens with one attached hydrogen (secondary N) is 1. The first-order chi connectivity index (χ1) is 8.61. The van der Waals surface area contributed by atoms with Crippen molar-refractivity contribution in [1.29, 1.82) is 0 Å². The minimum atomic E-state index is 0.0405. The summed E-state index contributed by atoms with van der Waals surface area (Å²) in [5, 5.41) is 3.66. The number of furan rings is 1. The zero-order chi connectivity index (χ0) is 13.1. The summed E-state index contributed by atoms with van der Waals surface area (Å²) in [5.74, 6) is 1.38. The molecule has 1 heterocycles. The van der Waals surface area contributed by atoms with Gasteiger partial charge in [0.2, 0.25) is 0 Å². The van der Waals surface area contributed by atoms with Gasteiger partial charge in [0, 0.05) is 0 Å². The van der Waals surface area contributed by atoms with E-state index < -0.39 is 0 Å². The lowest BCUT2D eigenvalue weighted by Crippen LogP contribution is -2.16. The molecular formula is C15H18ClNO. The van der Waals surface area contributed by atoms with Gasteiger partial charge in [0.05, 0.1) is 6.04 Å². The van der Waals surface area contributed by atoms with Crippen LogP contribution in [0.1, 0.15) is 42.7 Å². The second-order valence-electron chi connectivity index (χ2n) is 4.68. The highest BCUT2D eigenvalue weighted by Crippen LogP contribution is 2.26. The van der Waals surface area contributed by atoms with Crippen molar-refractivity contribution in [1.82, 2.24) is 5.32 Å². The first-order valence-electron chi connectivity index (χ1n) is 6.14. The summed E-state index contributed by atoms with van der Waals surface area (Å²) in [6.07, 6.45) is 0. The largest absolute Gasteiger partial charge is 0.448 e. The predicted octanol–water partition coefficient (Wildman–Crippen LogP) is 4.37. The van der Waals surface area contributed by atoms with E-state index in [1.54, 1.807) is 6.07 Å². The van der Waals surface area contributed by atoms with Crippen LogP contribution in [-0.2, 0) is 0 Å². The molecule has 1 atom stereocenters. The van der Waals surface area contributed by atoms with Crippen molar-refractivity contribution in [3.8, 4) is 0 Å². The normalized spacial score (nSPS) is 12.9. The fraction of sp³-hybridized carbons (Fsp3) is 0.333. The van der Waals surface area contributed by atoms with Gasteiger partial charge in [-0.3, -0.25) is 0 Å². The molecule has 2 aromatic rings. The molecule has 0 aliphatic heterocycles. The van der Waals surface area contributed by atoms with Crippen LogP contribution in [0.15, 0.2) is 40.8 Å². The van der Waals surface area contributed by atoms with E-state index in [-0.39, 0.29) is 6.04 Å². The summed E-state index contributed by atoms with van der Waals surface area (Å²) in [6.45, 7) is 4.38. The first-order valence-corrected chi connectivity index (χ1v) is 6.52. The van der Waals surface area contributed by atoms with E-state index in [1.807, 2.05) is 13.1 Å². The van der Waals surface area contributed by atoms with Gasteiger partial charge < -0.3 is 9.73 Å². The van der Waals surface area contributed by atoms with Gasteiger partial charge in [-0.2, -0.15) is 0 Å². The SMILES string of the molecule is CNC(c1ccc(C(C)C)cc1)c1ccc(Cl)o1. The molecular weight excluding hydrogens is 246 g/mol. The van der Waals surface area contributed by atoms with E-state index in [0.29, 0.717) is 11.1 Å². The monoisotopic (exact) mass is 263 g/mol. The van der Waals surface area contributed by atoms with E-state index >= 15 is 0 Å². The molecule has 0 fully saturated rings. The third-order valence-corrected chi connectivity index (χ3v) is 3.31. The summed E-state index contributed by atoms with van der Waals surface area (Å²) >= 11 is 5.82. The van der Waals surface area contributed by atoms with Crippen molar-refractivity contribution in [3.63, 3.8) is 0 Å². The molecule has 1 aromatic carbocycles. The first kappa shape index (κ1) is 13.2. The maximum atomic E-state index is 5.82. The highest BCUT2D eigenvalue weighted by molar-refractivity contribution is 6.28. The smallest absolute Gasteiger partial charge is 0.193 e. The van der Waals surface area contributed by atoms with Crippen LogP contribution in [0.2, 0.25) is 5.22 Å². The fourth-order valence-electron chi connectivity index (χ4n) is 2.03. The molecule has 96 valence electrons. The molecule has 2 nitrogen and oxygen atoms in total. The van der Waals surface area contributed by atoms with Crippen molar-refractivity contribution in [3.05, 3.63) is 58.5 Å². The Bertz CT molecular complexity index is 501. The molecule has 3 heteroatoms. The van der Waals surface area contributed by atoms with Gasteiger partial charge >= 0.3 is 0 Å². The molecule has 2 rings (SSSR count). The van der Waals surface area contributed by atoms with E-state index in [0.717, 1.165) is 5.76 Å². The van der Waals surface area contributed by atoms with Crippen LogP contribution in [0.5, 0.6) is 0 Å². The lowest BCUT2D eigenvalue weighted by atomic mass is 9.98. The van der Waals surface area contributed by atoms with Gasteiger partial charge in [0.25, 0.3) is 0 Å². The zero-order valence-electron chi connectivity index (χ0n) is 10.9. The van der Waals surface area contributed by atoms with Gasteiger partial charge in [-0.05, 0) is 47.8 Å². The molecule has 0 saturated carbocycles. The van der Waals surface area contributed by atoms with Crippen LogP contribution in [0.25, 0.3) is 0 Å². The third-order valence-electron chi connectivity index (χ3n) is 3.10. The maximum Gasteiger partial charge on any atom is 0.193 e. The van der Waals surface area contributed by atoms with E-state index in [1.165, 1.54) is 11.1 Å². The number of hydrogen-bond acceptors (Lipinski definition) is 2. The zero-order valence-corrected chi connectivity index (χ0v) is 11.7. The summed E-state index contributed by atoms with van der Waals surface area (Å²) in [6, 6.07) is 12.3. The lowest BCUT2D eigenvalue weighted by Gasteiger charge is -2.15. The summed E-state index contributed by atoms with van der Waals surface area (Å²) in [7, 11) is 1.91. The highest BCUT2D eigenvalue weighted by atomic mass is 35.5. The molecule has 0 bridgehead atoms. The van der Waals surface area contributed by atoms with Crippen molar-refractivity contribution in [2.75, 3.05) is 7.05 Å². The van der Waals surface area contributed by atoms with Crippen LogP contribution >= 0.6 is 11.6 Å². The molecule has 0 amide bonds. The number of rotatable bonds is 4. The van der Waals surface area contributed by atoms with Crippen molar-refractivity contribution >= 4 is 11.6 Å². The quantitative estimate of drug-likeness (QED) is 0.886. The number of benzene rings is 1. The number of hydrogen-bond donors (Lipinski definition) is 1. The summed E-state index contributed by atoms with van der Waals surface area (Å²) < 4.78 is 5.47. The minimum absolute atomic E-state index is 0.0405. The van der Waals surface area contributed by atoms with Gasteiger partial charge in [-0.25, -0.2) is 0 Å². The molecule has 18 heavy (non-hydrogen) atoms. The second-order valence-corrected chi connectivity index (χ2v) is 5.06. The summed E-state index contributed by atoms with van der Waals surface area (Å²) in [5.41, 5.74) is 2.51. The maximum absolute atomic E-state index is 5.82. The predicted molar refractivity (Wildman–Crippen MR) is 75.2 cm³/mol. The molecule has 1 N–H and O–H groups in total. The van der Waals surface area contributed by atoms with E-state index in [4.69, 9.17) is 16.0 Å². The van der Waals surface area contributed by atoms with Gasteiger partial charge in [0.1, 0.15) is 5.76 Å². The Balaban J connectivity index is 2.28. The van der Waals surface area contributed by atoms with Crippen LogP contribution in [0.4, 0.5) is 0 Å². The van der Waals surface area contributed by atoms with Crippen LogP contribution in [0, 0.1) is 0 Å². The van der Waals surface area contributed by atoms with E-state index in [2.05, 4.69) is 43.4 Å². The van der Waals surface area contributed by atoms with Crippen LogP contribution < -0.4 is 5.32 Å². The van der Waals surface area contributed by atoms with E-state index in [9.17, 15) is 0 Å². The Morgan fingerprint density at radius 3 is 2.06 bits per heavy atom. The molecule has 1 unspecified atom stereocenters. The Hall–Kier alpha value is -1.25. The average molecular weight is 264 g/mol. The van der Waals surface area contributed by atoms with Gasteiger partial charge in [-0.15, -0.1) is 0 Å². The molecule has 0 spiro atoms. The Kier molecular flexibility index (Phi) is 4.10. The van der Waals surface area contributed by atoms with Crippen molar-refractivity contribution in [2.24, 2.45) is 0 Å². The summed E-state index contributed by atoms with van der Waals surface area (Å²) in [4.78, 5) is 0. The molecule has 0 radical (unpaired) electrons. The highest BCUT2D eigenvalue weighted by Gasteiger charge is 2.15. The second kappa shape index (κ2) is 5.59. The Morgan fingerprint density at radius 2 is 1.61 bits per heavy atom. The van der Waals surface area contributed by atoms with Gasteiger partial charge in [-0.1, -0.05) is 38.1 Å². The van der Waals surface area contributed by atoms with Gasteiger partial charge in [0.15, 0.2) is 5.22 Å². The standard InChI is InChI=1S/C15H18ClNO/c1-10(2)11-4-6-12(7-5-11)15(17-3)13-8-9-14(16)18-13/h4-10,15,17H,1-3H3. The van der Waals surface area contributed by atoms with Crippen LogP contribution in [-0.4, -0.2) is 7.05 Å². The topological polar surface area (TPSA) is 25.2 Å². The lowest BCUT2D eigenvalue weighted by molar-refractivity contribution is 0.465. The molecule has 0 saturated heterocycles. The Labute approximate surface area is 113 Å². The number of halogens is 1. The minimum Gasteiger partial charge on any atom is -0.448 e. The van der Waals surface area contributed by atoms with Crippen molar-refractivity contribution < 1.29 is 4.42 Å². The Morgan fingerprint density at radius 1 is 1.00 bits per heavy atom. The van der Waals surface area contributed by atoms with Crippen LogP contribution in [0.3, 0.4) is 0 Å².